The highest BCUT2D eigenvalue weighted by molar-refractivity contribution is 6.01. The zero-order valence-corrected chi connectivity index (χ0v) is 14.6. The molecule has 3 heteroatoms. The number of hydrogen-bond donors (Lipinski definition) is 1. The quantitative estimate of drug-likeness (QED) is 0.715. The number of anilines is 2. The molecule has 0 radical (unpaired) electrons. The molecule has 0 heterocycles. The van der Waals surface area contributed by atoms with Gasteiger partial charge in [0.15, 0.2) is 0 Å². The Kier molecular flexibility index (Phi) is 4.80. The van der Waals surface area contributed by atoms with Crippen LogP contribution in [0.15, 0.2) is 91.0 Å². The van der Waals surface area contributed by atoms with E-state index in [1.54, 1.807) is 4.90 Å². The number of rotatable bonds is 6. The van der Waals surface area contributed by atoms with E-state index in [0.717, 1.165) is 17.8 Å². The first-order valence-electron chi connectivity index (χ1n) is 9.04. The number of carbonyl (C=O) groups excluding carboxylic acids is 1. The molecule has 3 nitrogen and oxygen atoms in total. The van der Waals surface area contributed by atoms with Crippen molar-refractivity contribution in [3.05, 3.63) is 96.6 Å². The second kappa shape index (κ2) is 7.54. The van der Waals surface area contributed by atoms with Crippen LogP contribution in [0.25, 0.3) is 0 Å². The Bertz CT molecular complexity index is 810. The first-order valence-corrected chi connectivity index (χ1v) is 9.04. The Morgan fingerprint density at radius 3 is 1.85 bits per heavy atom. The van der Waals surface area contributed by atoms with Gasteiger partial charge in [-0.3, -0.25) is 9.69 Å². The third kappa shape index (κ3) is 3.68. The lowest BCUT2D eigenvalue weighted by molar-refractivity contribution is -0.117. The Labute approximate surface area is 154 Å². The second-order valence-corrected chi connectivity index (χ2v) is 6.64. The Hall–Kier alpha value is -2.91. The number of carbonyl (C=O) groups is 1. The molecule has 0 aromatic heterocycles. The second-order valence-electron chi connectivity index (χ2n) is 6.64. The molecule has 0 aliphatic heterocycles. The molecular weight excluding hydrogens is 320 g/mol. The number of nitrogens with one attached hydrogen (secondary N) is 1. The molecule has 1 aliphatic carbocycles. The maximum absolute atomic E-state index is 13.0. The molecule has 26 heavy (non-hydrogen) atoms. The van der Waals surface area contributed by atoms with E-state index in [4.69, 9.17) is 0 Å². The fourth-order valence-corrected chi connectivity index (χ4v) is 3.38. The average Bonchev–Trinajstić information content (AvgIpc) is 3.49. The lowest BCUT2D eigenvalue weighted by Gasteiger charge is -2.23. The van der Waals surface area contributed by atoms with Crippen LogP contribution in [0.3, 0.4) is 0 Å². The fraction of sp³-hybridized carbons (Fsp3) is 0.174. The van der Waals surface area contributed by atoms with E-state index in [0.29, 0.717) is 18.5 Å². The zero-order valence-electron chi connectivity index (χ0n) is 14.6. The summed E-state index contributed by atoms with van der Waals surface area (Å²) in [6.45, 7) is 0.331. The molecule has 1 amide bonds. The van der Waals surface area contributed by atoms with E-state index in [1.807, 2.05) is 66.7 Å². The highest BCUT2D eigenvalue weighted by Gasteiger charge is 2.38. The number of para-hydroxylation sites is 2. The third-order valence-corrected chi connectivity index (χ3v) is 4.81. The van der Waals surface area contributed by atoms with E-state index in [1.165, 1.54) is 5.56 Å². The summed E-state index contributed by atoms with van der Waals surface area (Å²) in [7, 11) is 0. The predicted molar refractivity (Wildman–Crippen MR) is 106 cm³/mol. The Morgan fingerprint density at radius 2 is 1.31 bits per heavy atom. The van der Waals surface area contributed by atoms with Gasteiger partial charge in [0, 0.05) is 23.3 Å². The SMILES string of the molecule is O=C(CN[C@@H]1C[C@H]1c1ccccc1)N(c1ccccc1)c1ccccc1. The van der Waals surface area contributed by atoms with Gasteiger partial charge >= 0.3 is 0 Å². The Balaban J connectivity index is 1.44. The monoisotopic (exact) mass is 342 g/mol. The van der Waals surface area contributed by atoms with E-state index in [2.05, 4.69) is 29.6 Å². The molecule has 1 N–H and O–H groups in total. The van der Waals surface area contributed by atoms with E-state index < -0.39 is 0 Å². The molecule has 1 saturated carbocycles. The largest absolute Gasteiger partial charge is 0.305 e. The lowest BCUT2D eigenvalue weighted by Crippen LogP contribution is -2.36. The topological polar surface area (TPSA) is 32.3 Å². The van der Waals surface area contributed by atoms with Crippen molar-refractivity contribution in [1.29, 1.82) is 0 Å². The highest BCUT2D eigenvalue weighted by atomic mass is 16.2. The molecule has 1 fully saturated rings. The molecule has 1 aliphatic rings. The van der Waals surface area contributed by atoms with Gasteiger partial charge in [0.25, 0.3) is 0 Å². The molecule has 0 bridgehead atoms. The van der Waals surface area contributed by atoms with Gasteiger partial charge in [-0.15, -0.1) is 0 Å². The van der Waals surface area contributed by atoms with Crippen molar-refractivity contribution >= 4 is 17.3 Å². The first kappa shape index (κ1) is 16.6. The minimum Gasteiger partial charge on any atom is -0.305 e. The van der Waals surface area contributed by atoms with Gasteiger partial charge in [0.1, 0.15) is 0 Å². The minimum atomic E-state index is 0.0566. The van der Waals surface area contributed by atoms with Gasteiger partial charge in [-0.25, -0.2) is 0 Å². The van der Waals surface area contributed by atoms with Crippen LogP contribution in [-0.4, -0.2) is 18.5 Å². The van der Waals surface area contributed by atoms with Crippen molar-refractivity contribution in [3.63, 3.8) is 0 Å². The molecule has 3 aromatic rings. The van der Waals surface area contributed by atoms with Gasteiger partial charge in [-0.1, -0.05) is 66.7 Å². The predicted octanol–water partition coefficient (Wildman–Crippen LogP) is 4.50. The summed E-state index contributed by atoms with van der Waals surface area (Å²) in [5.74, 6) is 0.576. The fourth-order valence-electron chi connectivity index (χ4n) is 3.38. The molecule has 4 rings (SSSR count). The summed E-state index contributed by atoms with van der Waals surface area (Å²) < 4.78 is 0. The van der Waals surface area contributed by atoms with Gasteiger partial charge in [-0.2, -0.15) is 0 Å². The first-order chi connectivity index (χ1) is 12.8. The van der Waals surface area contributed by atoms with Crippen molar-refractivity contribution < 1.29 is 4.79 Å². The number of benzene rings is 3. The van der Waals surface area contributed by atoms with E-state index >= 15 is 0 Å². The highest BCUT2D eigenvalue weighted by Crippen LogP contribution is 2.40. The lowest BCUT2D eigenvalue weighted by atomic mass is 10.1. The summed E-state index contributed by atoms with van der Waals surface area (Å²) in [6, 6.07) is 30.5. The third-order valence-electron chi connectivity index (χ3n) is 4.81. The zero-order chi connectivity index (χ0) is 17.8. The summed E-state index contributed by atoms with van der Waals surface area (Å²) in [4.78, 5) is 14.8. The molecule has 0 unspecified atom stereocenters. The average molecular weight is 342 g/mol. The normalized spacial score (nSPS) is 18.3. The van der Waals surface area contributed by atoms with Crippen LogP contribution in [0.5, 0.6) is 0 Å². The van der Waals surface area contributed by atoms with Gasteiger partial charge in [0.2, 0.25) is 5.91 Å². The van der Waals surface area contributed by atoms with Gasteiger partial charge in [0.05, 0.1) is 6.54 Å². The van der Waals surface area contributed by atoms with Gasteiger partial charge in [-0.05, 0) is 36.2 Å². The van der Waals surface area contributed by atoms with Gasteiger partial charge < -0.3 is 5.32 Å². The Morgan fingerprint density at radius 1 is 0.808 bits per heavy atom. The molecule has 0 spiro atoms. The van der Waals surface area contributed by atoms with Crippen LogP contribution in [0.1, 0.15) is 17.9 Å². The summed E-state index contributed by atoms with van der Waals surface area (Å²) in [5.41, 5.74) is 3.13. The molecule has 130 valence electrons. The van der Waals surface area contributed by atoms with Crippen LogP contribution < -0.4 is 10.2 Å². The maximum Gasteiger partial charge on any atom is 0.245 e. The maximum atomic E-state index is 13.0. The summed E-state index contributed by atoms with van der Waals surface area (Å²) in [5, 5.41) is 3.43. The van der Waals surface area contributed by atoms with Crippen LogP contribution >= 0.6 is 0 Å². The standard InChI is InChI=1S/C23H22N2O/c26-23(17-24-22-16-21(22)18-10-4-1-5-11-18)25(19-12-6-2-7-13-19)20-14-8-3-9-15-20/h1-15,21-22,24H,16-17H2/t21-,22+/m0/s1. The van der Waals surface area contributed by atoms with Crippen molar-refractivity contribution in [2.24, 2.45) is 0 Å². The number of amides is 1. The van der Waals surface area contributed by atoms with E-state index in [9.17, 15) is 4.79 Å². The van der Waals surface area contributed by atoms with Crippen molar-refractivity contribution in [3.8, 4) is 0 Å². The summed E-state index contributed by atoms with van der Waals surface area (Å²) in [6.07, 6.45) is 1.09. The molecule has 3 aromatic carbocycles. The number of nitrogens with zero attached hydrogens (tertiary/aromatic N) is 1. The molecule has 2 atom stereocenters. The van der Waals surface area contributed by atoms with Crippen LogP contribution in [0.2, 0.25) is 0 Å². The van der Waals surface area contributed by atoms with Crippen LogP contribution in [0.4, 0.5) is 11.4 Å². The van der Waals surface area contributed by atoms with Crippen molar-refractivity contribution in [2.45, 2.75) is 18.4 Å². The minimum absolute atomic E-state index is 0.0566. The van der Waals surface area contributed by atoms with E-state index in [-0.39, 0.29) is 5.91 Å². The smallest absolute Gasteiger partial charge is 0.245 e. The van der Waals surface area contributed by atoms with Crippen molar-refractivity contribution in [1.82, 2.24) is 5.32 Å². The van der Waals surface area contributed by atoms with Crippen LogP contribution in [-0.2, 0) is 4.79 Å². The molecular formula is C23H22N2O. The molecule has 0 saturated heterocycles. The van der Waals surface area contributed by atoms with Crippen molar-refractivity contribution in [2.75, 3.05) is 11.4 Å². The summed E-state index contributed by atoms with van der Waals surface area (Å²) >= 11 is 0. The van der Waals surface area contributed by atoms with Crippen LogP contribution in [0, 0.1) is 0 Å². The number of hydrogen-bond acceptors (Lipinski definition) is 2.